The van der Waals surface area contributed by atoms with Crippen LogP contribution in [0.2, 0.25) is 0 Å². The number of hydrogen-bond donors (Lipinski definition) is 0. The third kappa shape index (κ3) is 3.91. The number of halogens is 2. The van der Waals surface area contributed by atoms with E-state index in [2.05, 4.69) is 4.98 Å². The SMILES string of the molecule is Cc1ccc(-c2nc(C(=O)N3CCN(C(=O)c4ccc(F)c(F)c4)CC3)cs2)o1. The van der Waals surface area contributed by atoms with Gasteiger partial charge in [-0.15, -0.1) is 11.3 Å². The van der Waals surface area contributed by atoms with Crippen molar-refractivity contribution >= 4 is 23.2 Å². The van der Waals surface area contributed by atoms with Crippen molar-refractivity contribution in [2.75, 3.05) is 26.2 Å². The molecule has 1 aliphatic heterocycles. The Labute approximate surface area is 169 Å². The zero-order valence-corrected chi connectivity index (χ0v) is 16.3. The van der Waals surface area contributed by atoms with Crippen LogP contribution in [-0.2, 0) is 0 Å². The van der Waals surface area contributed by atoms with E-state index >= 15 is 0 Å². The van der Waals surface area contributed by atoms with Crippen LogP contribution in [-0.4, -0.2) is 52.8 Å². The van der Waals surface area contributed by atoms with Crippen LogP contribution >= 0.6 is 11.3 Å². The molecule has 0 aliphatic carbocycles. The number of rotatable bonds is 3. The zero-order chi connectivity index (χ0) is 20.5. The Kier molecular flexibility index (Phi) is 5.14. The van der Waals surface area contributed by atoms with Crippen molar-refractivity contribution in [3.8, 4) is 10.8 Å². The van der Waals surface area contributed by atoms with Crippen molar-refractivity contribution in [1.82, 2.24) is 14.8 Å². The molecule has 3 aromatic rings. The summed E-state index contributed by atoms with van der Waals surface area (Å²) in [7, 11) is 0. The van der Waals surface area contributed by atoms with E-state index < -0.39 is 11.6 Å². The molecule has 2 aromatic heterocycles. The van der Waals surface area contributed by atoms with Gasteiger partial charge in [-0.25, -0.2) is 13.8 Å². The van der Waals surface area contributed by atoms with Gasteiger partial charge in [-0.05, 0) is 37.3 Å². The molecule has 0 N–H and O–H groups in total. The highest BCUT2D eigenvalue weighted by atomic mass is 32.1. The minimum Gasteiger partial charge on any atom is -0.459 e. The molecule has 0 bridgehead atoms. The summed E-state index contributed by atoms with van der Waals surface area (Å²) in [5.41, 5.74) is 0.418. The molecule has 3 heterocycles. The average Bonchev–Trinajstić information content (AvgIpc) is 3.38. The summed E-state index contributed by atoms with van der Waals surface area (Å²) in [6, 6.07) is 6.73. The van der Waals surface area contributed by atoms with E-state index in [1.165, 1.54) is 22.3 Å². The molecule has 9 heteroatoms. The maximum atomic E-state index is 13.4. The number of piperazine rings is 1. The summed E-state index contributed by atoms with van der Waals surface area (Å²) in [4.78, 5) is 32.7. The van der Waals surface area contributed by atoms with E-state index in [4.69, 9.17) is 4.42 Å². The van der Waals surface area contributed by atoms with Gasteiger partial charge in [0.05, 0.1) is 0 Å². The van der Waals surface area contributed by atoms with Crippen molar-refractivity contribution < 1.29 is 22.8 Å². The van der Waals surface area contributed by atoms with Gasteiger partial charge in [0.25, 0.3) is 11.8 Å². The Morgan fingerprint density at radius 3 is 2.31 bits per heavy atom. The van der Waals surface area contributed by atoms with E-state index in [1.807, 2.05) is 19.1 Å². The molecule has 0 unspecified atom stereocenters. The van der Waals surface area contributed by atoms with Gasteiger partial charge < -0.3 is 14.2 Å². The third-order valence-electron chi connectivity index (χ3n) is 4.70. The van der Waals surface area contributed by atoms with Gasteiger partial charge in [-0.2, -0.15) is 0 Å². The molecular weight excluding hydrogens is 400 g/mol. The molecule has 1 aliphatic rings. The fourth-order valence-electron chi connectivity index (χ4n) is 3.12. The summed E-state index contributed by atoms with van der Waals surface area (Å²) in [5.74, 6) is -1.27. The summed E-state index contributed by atoms with van der Waals surface area (Å²) in [5, 5.41) is 2.32. The second-order valence-corrected chi connectivity index (χ2v) is 7.52. The first-order chi connectivity index (χ1) is 13.9. The van der Waals surface area contributed by atoms with Crippen LogP contribution in [0, 0.1) is 18.6 Å². The number of nitrogens with zero attached hydrogens (tertiary/aromatic N) is 3. The smallest absolute Gasteiger partial charge is 0.273 e. The predicted molar refractivity (Wildman–Crippen MR) is 103 cm³/mol. The number of carbonyl (C=O) groups excluding carboxylic acids is 2. The summed E-state index contributed by atoms with van der Waals surface area (Å²) < 4.78 is 32.0. The molecule has 0 radical (unpaired) electrons. The minimum absolute atomic E-state index is 0.0848. The number of aryl methyl sites for hydroxylation is 1. The molecule has 4 rings (SSSR count). The fourth-order valence-corrected chi connectivity index (χ4v) is 3.87. The fraction of sp³-hybridized carbons (Fsp3) is 0.250. The molecule has 150 valence electrons. The molecule has 6 nitrogen and oxygen atoms in total. The first-order valence-corrected chi connectivity index (χ1v) is 9.86. The Hall–Kier alpha value is -3.07. The Bertz CT molecular complexity index is 1070. The van der Waals surface area contributed by atoms with Crippen molar-refractivity contribution in [3.63, 3.8) is 0 Å². The molecule has 0 spiro atoms. The normalized spacial score (nSPS) is 14.3. The lowest BCUT2D eigenvalue weighted by Gasteiger charge is -2.34. The van der Waals surface area contributed by atoms with Crippen molar-refractivity contribution in [1.29, 1.82) is 0 Å². The van der Waals surface area contributed by atoms with Gasteiger partial charge in [0.15, 0.2) is 22.4 Å². The summed E-state index contributed by atoms with van der Waals surface area (Å²) in [6.07, 6.45) is 0. The second-order valence-electron chi connectivity index (χ2n) is 6.66. The quantitative estimate of drug-likeness (QED) is 0.653. The van der Waals surface area contributed by atoms with Crippen molar-refractivity contribution in [3.05, 3.63) is 64.4 Å². The average molecular weight is 417 g/mol. The lowest BCUT2D eigenvalue weighted by atomic mass is 10.1. The Morgan fingerprint density at radius 2 is 1.69 bits per heavy atom. The predicted octanol–water partition coefficient (Wildman–Crippen LogP) is 3.59. The standard InChI is InChI=1S/C20H17F2N3O3S/c1-12-2-5-17(28-12)18-23-16(11-29-18)20(27)25-8-6-24(7-9-25)19(26)13-3-4-14(21)15(22)10-13/h2-5,10-11H,6-9H2,1H3. The van der Waals surface area contributed by atoms with Gasteiger partial charge >= 0.3 is 0 Å². The number of thiazole rings is 1. The number of benzene rings is 1. The van der Waals surface area contributed by atoms with Crippen LogP contribution in [0.4, 0.5) is 8.78 Å². The van der Waals surface area contributed by atoms with Gasteiger partial charge in [-0.3, -0.25) is 9.59 Å². The minimum atomic E-state index is -1.06. The van der Waals surface area contributed by atoms with Gasteiger partial charge in [0.1, 0.15) is 11.5 Å². The van der Waals surface area contributed by atoms with E-state index in [1.54, 1.807) is 10.3 Å². The number of hydrogen-bond acceptors (Lipinski definition) is 5. The van der Waals surface area contributed by atoms with Crippen LogP contribution < -0.4 is 0 Å². The molecule has 2 amide bonds. The Balaban J connectivity index is 1.39. The monoisotopic (exact) mass is 417 g/mol. The van der Waals surface area contributed by atoms with E-state index in [0.29, 0.717) is 42.6 Å². The number of furan rings is 1. The molecule has 29 heavy (non-hydrogen) atoms. The largest absolute Gasteiger partial charge is 0.459 e. The van der Waals surface area contributed by atoms with E-state index in [9.17, 15) is 18.4 Å². The molecule has 0 atom stereocenters. The first kappa shape index (κ1) is 19.3. The summed E-state index contributed by atoms with van der Waals surface area (Å²) in [6.45, 7) is 3.11. The first-order valence-electron chi connectivity index (χ1n) is 8.98. The molecular formula is C20H17F2N3O3S. The topological polar surface area (TPSA) is 66.7 Å². The third-order valence-corrected chi connectivity index (χ3v) is 5.55. The maximum Gasteiger partial charge on any atom is 0.273 e. The molecule has 0 saturated carbocycles. The van der Waals surface area contributed by atoms with Gasteiger partial charge in [0, 0.05) is 37.1 Å². The number of amides is 2. The number of carbonyl (C=O) groups is 2. The van der Waals surface area contributed by atoms with E-state index in [-0.39, 0.29) is 17.4 Å². The molecule has 1 saturated heterocycles. The van der Waals surface area contributed by atoms with Crippen molar-refractivity contribution in [2.24, 2.45) is 0 Å². The van der Waals surface area contributed by atoms with E-state index in [0.717, 1.165) is 17.9 Å². The van der Waals surface area contributed by atoms with Crippen LogP contribution in [0.15, 0.2) is 40.1 Å². The van der Waals surface area contributed by atoms with Gasteiger partial charge in [-0.1, -0.05) is 0 Å². The zero-order valence-electron chi connectivity index (χ0n) is 15.5. The second kappa shape index (κ2) is 7.75. The highest BCUT2D eigenvalue weighted by molar-refractivity contribution is 7.13. The van der Waals surface area contributed by atoms with Crippen LogP contribution in [0.3, 0.4) is 0 Å². The number of aromatic nitrogens is 1. The van der Waals surface area contributed by atoms with Crippen LogP contribution in [0.5, 0.6) is 0 Å². The Morgan fingerprint density at radius 1 is 1.00 bits per heavy atom. The van der Waals surface area contributed by atoms with Gasteiger partial charge in [0.2, 0.25) is 0 Å². The molecule has 1 aromatic carbocycles. The van der Waals surface area contributed by atoms with Crippen molar-refractivity contribution in [2.45, 2.75) is 6.92 Å². The highest BCUT2D eigenvalue weighted by Gasteiger charge is 2.27. The van der Waals surface area contributed by atoms with Crippen LogP contribution in [0.1, 0.15) is 26.6 Å². The maximum absolute atomic E-state index is 13.4. The lowest BCUT2D eigenvalue weighted by Crippen LogP contribution is -2.50. The lowest BCUT2D eigenvalue weighted by molar-refractivity contribution is 0.0532. The molecule has 1 fully saturated rings. The summed E-state index contributed by atoms with van der Waals surface area (Å²) >= 11 is 1.33. The van der Waals surface area contributed by atoms with Crippen LogP contribution in [0.25, 0.3) is 10.8 Å². The highest BCUT2D eigenvalue weighted by Crippen LogP contribution is 2.26.